The highest BCUT2D eigenvalue weighted by Crippen LogP contribution is 2.29. The molecule has 0 aliphatic rings. The van der Waals surface area contributed by atoms with Crippen LogP contribution in [0.25, 0.3) is 10.1 Å². The summed E-state index contributed by atoms with van der Waals surface area (Å²) in [5.74, 6) is 1.17. The zero-order valence-electron chi connectivity index (χ0n) is 14.2. The molecule has 0 unspecified atom stereocenters. The number of nitrogens with one attached hydrogen (secondary N) is 1. The highest BCUT2D eigenvalue weighted by molar-refractivity contribution is 7.92. The second kappa shape index (κ2) is 7.35. The highest BCUT2D eigenvalue weighted by Gasteiger charge is 2.20. The molecule has 0 amide bonds. The third-order valence-electron chi connectivity index (χ3n) is 3.62. The molecular formula is C18H17NO5S2. The summed E-state index contributed by atoms with van der Waals surface area (Å²) in [5, 5.41) is 0.635. The van der Waals surface area contributed by atoms with Crippen LogP contribution in [0, 0.1) is 0 Å². The number of sulfonamides is 1. The van der Waals surface area contributed by atoms with Crippen LogP contribution in [0.15, 0.2) is 58.2 Å². The van der Waals surface area contributed by atoms with Crippen molar-refractivity contribution in [2.45, 2.75) is 11.8 Å². The molecule has 0 aliphatic heterocycles. The van der Waals surface area contributed by atoms with Gasteiger partial charge in [-0.25, -0.2) is 8.42 Å². The van der Waals surface area contributed by atoms with Crippen LogP contribution in [0.5, 0.6) is 11.5 Å². The normalized spacial score (nSPS) is 11.3. The fourth-order valence-electron chi connectivity index (χ4n) is 2.42. The summed E-state index contributed by atoms with van der Waals surface area (Å²) in [6, 6.07) is 13.0. The number of rotatable bonds is 6. The van der Waals surface area contributed by atoms with E-state index in [1.54, 1.807) is 42.5 Å². The molecule has 3 aromatic rings. The molecule has 0 saturated heterocycles. The molecule has 2 aromatic carbocycles. The first-order chi connectivity index (χ1) is 12.4. The predicted octanol–water partition coefficient (Wildman–Crippen LogP) is 3.47. The van der Waals surface area contributed by atoms with Crippen molar-refractivity contribution in [1.82, 2.24) is 0 Å². The maximum atomic E-state index is 12.7. The fraction of sp³-hybridized carbons (Fsp3) is 0.167. The van der Waals surface area contributed by atoms with Gasteiger partial charge in [0.05, 0.1) is 18.4 Å². The Hall–Kier alpha value is -2.58. The van der Waals surface area contributed by atoms with Gasteiger partial charge in [-0.1, -0.05) is 23.5 Å². The fourth-order valence-corrected chi connectivity index (χ4v) is 4.75. The summed E-state index contributed by atoms with van der Waals surface area (Å²) < 4.78 is 38.4. The van der Waals surface area contributed by atoms with E-state index in [0.717, 1.165) is 11.3 Å². The standard InChI is InChI=1S/C18H17NO5S2/c1-3-24-15-6-4-5-12-11-16(18(20)25-17(12)15)26(21,22)19-13-7-9-14(23-2)10-8-13/h4-11,19H,3H2,1-2H3. The number of hydrogen-bond acceptors (Lipinski definition) is 6. The smallest absolute Gasteiger partial charge is 0.266 e. The largest absolute Gasteiger partial charge is 0.497 e. The first-order valence-electron chi connectivity index (χ1n) is 7.81. The maximum Gasteiger partial charge on any atom is 0.266 e. The molecule has 0 aliphatic carbocycles. The Morgan fingerprint density at radius 1 is 1.12 bits per heavy atom. The molecule has 0 fully saturated rings. The average Bonchev–Trinajstić information content (AvgIpc) is 2.62. The molecular weight excluding hydrogens is 374 g/mol. The summed E-state index contributed by atoms with van der Waals surface area (Å²) in [4.78, 5) is 12.2. The van der Waals surface area contributed by atoms with E-state index in [1.807, 2.05) is 6.92 Å². The van der Waals surface area contributed by atoms with Gasteiger partial charge in [-0.05, 0) is 48.7 Å². The first kappa shape index (κ1) is 18.2. The predicted molar refractivity (Wildman–Crippen MR) is 103 cm³/mol. The molecule has 3 rings (SSSR count). The Bertz CT molecular complexity index is 1090. The molecule has 1 heterocycles. The van der Waals surface area contributed by atoms with Gasteiger partial charge in [-0.15, -0.1) is 0 Å². The molecule has 1 N–H and O–H groups in total. The number of benzene rings is 2. The van der Waals surface area contributed by atoms with E-state index in [0.29, 0.717) is 33.9 Å². The van der Waals surface area contributed by atoms with Crippen molar-refractivity contribution >= 4 is 37.1 Å². The minimum Gasteiger partial charge on any atom is -0.497 e. The lowest BCUT2D eigenvalue weighted by Gasteiger charge is -2.10. The lowest BCUT2D eigenvalue weighted by molar-refractivity contribution is 0.345. The monoisotopic (exact) mass is 391 g/mol. The van der Waals surface area contributed by atoms with E-state index in [9.17, 15) is 13.2 Å². The highest BCUT2D eigenvalue weighted by atomic mass is 32.2. The van der Waals surface area contributed by atoms with E-state index >= 15 is 0 Å². The van der Waals surface area contributed by atoms with Gasteiger partial charge < -0.3 is 9.47 Å². The second-order valence-corrected chi connectivity index (χ2v) is 7.97. The quantitative estimate of drug-likeness (QED) is 0.696. The van der Waals surface area contributed by atoms with Crippen LogP contribution in [0.4, 0.5) is 5.69 Å². The molecule has 136 valence electrons. The van der Waals surface area contributed by atoms with Gasteiger partial charge in [-0.2, -0.15) is 0 Å². The van der Waals surface area contributed by atoms with Crippen molar-refractivity contribution in [2.75, 3.05) is 18.4 Å². The van der Waals surface area contributed by atoms with Gasteiger partial charge >= 0.3 is 0 Å². The minimum absolute atomic E-state index is 0.292. The number of methoxy groups -OCH3 is 1. The van der Waals surface area contributed by atoms with Gasteiger partial charge in [0.25, 0.3) is 14.8 Å². The average molecular weight is 391 g/mol. The van der Waals surface area contributed by atoms with Gasteiger partial charge in [0.1, 0.15) is 16.4 Å². The first-order valence-corrected chi connectivity index (χ1v) is 10.1. The van der Waals surface area contributed by atoms with Crippen LogP contribution in [0.1, 0.15) is 6.92 Å². The van der Waals surface area contributed by atoms with Gasteiger partial charge in [0, 0.05) is 5.69 Å². The van der Waals surface area contributed by atoms with E-state index in [2.05, 4.69) is 4.72 Å². The van der Waals surface area contributed by atoms with Crippen molar-refractivity contribution in [2.24, 2.45) is 0 Å². The number of hydrogen-bond donors (Lipinski definition) is 1. The van der Waals surface area contributed by atoms with Crippen LogP contribution >= 0.6 is 11.3 Å². The van der Waals surface area contributed by atoms with Crippen LogP contribution < -0.4 is 18.9 Å². The summed E-state index contributed by atoms with van der Waals surface area (Å²) in [7, 11) is -2.49. The summed E-state index contributed by atoms with van der Waals surface area (Å²) >= 11 is 0.859. The molecule has 26 heavy (non-hydrogen) atoms. The topological polar surface area (TPSA) is 81.7 Å². The van der Waals surface area contributed by atoms with Gasteiger partial charge in [-0.3, -0.25) is 9.52 Å². The maximum absolute atomic E-state index is 12.7. The lowest BCUT2D eigenvalue weighted by atomic mass is 10.2. The van der Waals surface area contributed by atoms with Crippen LogP contribution in [0.2, 0.25) is 0 Å². The Kier molecular flexibility index (Phi) is 5.15. The molecule has 0 saturated carbocycles. The molecule has 0 bridgehead atoms. The Labute approximate surface area is 155 Å². The van der Waals surface area contributed by atoms with Crippen molar-refractivity contribution in [3.8, 4) is 11.5 Å². The van der Waals surface area contributed by atoms with E-state index < -0.39 is 14.8 Å². The summed E-state index contributed by atoms with van der Waals surface area (Å²) in [5.41, 5.74) is 0.346. The van der Waals surface area contributed by atoms with Crippen LogP contribution in [-0.4, -0.2) is 22.1 Å². The second-order valence-electron chi connectivity index (χ2n) is 5.34. The molecule has 0 spiro atoms. The Morgan fingerprint density at radius 3 is 2.50 bits per heavy atom. The molecule has 0 atom stereocenters. The Morgan fingerprint density at radius 2 is 1.85 bits per heavy atom. The van der Waals surface area contributed by atoms with Crippen molar-refractivity contribution in [3.05, 3.63) is 58.1 Å². The summed E-state index contributed by atoms with van der Waals surface area (Å²) in [6.45, 7) is 2.30. The SMILES string of the molecule is CCOc1cccc2cc(S(=O)(=O)Nc3ccc(OC)cc3)c(=O)sc12. The minimum atomic E-state index is -4.01. The molecule has 8 heteroatoms. The van der Waals surface area contributed by atoms with E-state index in [1.165, 1.54) is 13.2 Å². The third-order valence-corrected chi connectivity index (χ3v) is 6.19. The zero-order valence-corrected chi connectivity index (χ0v) is 15.8. The third kappa shape index (κ3) is 3.66. The number of fused-ring (bicyclic) bond motifs is 1. The summed E-state index contributed by atoms with van der Waals surface area (Å²) in [6.07, 6.45) is 0. The van der Waals surface area contributed by atoms with Gasteiger partial charge in [0.2, 0.25) is 0 Å². The van der Waals surface area contributed by atoms with E-state index in [-0.39, 0.29) is 4.90 Å². The molecule has 6 nitrogen and oxygen atoms in total. The lowest BCUT2D eigenvalue weighted by Crippen LogP contribution is -2.19. The van der Waals surface area contributed by atoms with Crippen LogP contribution in [-0.2, 0) is 10.0 Å². The number of ether oxygens (including phenoxy) is 2. The van der Waals surface area contributed by atoms with E-state index in [4.69, 9.17) is 9.47 Å². The van der Waals surface area contributed by atoms with Crippen molar-refractivity contribution in [3.63, 3.8) is 0 Å². The number of anilines is 1. The Balaban J connectivity index is 2.02. The molecule has 0 radical (unpaired) electrons. The van der Waals surface area contributed by atoms with Crippen molar-refractivity contribution in [1.29, 1.82) is 0 Å². The molecule has 1 aromatic heterocycles. The van der Waals surface area contributed by atoms with Crippen LogP contribution in [0.3, 0.4) is 0 Å². The van der Waals surface area contributed by atoms with Gasteiger partial charge in [0.15, 0.2) is 0 Å². The zero-order chi connectivity index (χ0) is 18.7. The van der Waals surface area contributed by atoms with Crippen molar-refractivity contribution < 1.29 is 17.9 Å².